The Morgan fingerprint density at radius 3 is 2.38 bits per heavy atom. The van der Waals surface area contributed by atoms with Crippen LogP contribution in [0.4, 0.5) is 0 Å². The monoisotopic (exact) mass is 206 g/mol. The summed E-state index contributed by atoms with van der Waals surface area (Å²) < 4.78 is 0. The molecule has 2 nitrogen and oxygen atoms in total. The second-order valence-electron chi connectivity index (χ2n) is 3.58. The first-order valence-electron chi connectivity index (χ1n) is 5.16. The highest BCUT2D eigenvalue weighted by Crippen LogP contribution is 2.25. The van der Waals surface area contributed by atoms with Crippen molar-refractivity contribution >= 4 is 10.8 Å². The van der Waals surface area contributed by atoms with Crippen LogP contribution in [0.2, 0.25) is 0 Å². The fraction of sp³-hybridized carbons (Fsp3) is 0.143. The Labute approximate surface area is 94.4 Å². The number of hydrogen-bond donors (Lipinski definition) is 0. The first-order chi connectivity index (χ1) is 7.81. The predicted molar refractivity (Wildman–Crippen MR) is 62.8 cm³/mol. The van der Waals surface area contributed by atoms with E-state index in [1.54, 1.807) is 0 Å². The number of fused-ring (bicyclic) bond motifs is 1. The normalized spacial score (nSPS) is 9.69. The molecule has 0 saturated carbocycles. The maximum atomic E-state index is 9.17. The number of nitriles is 2. The molecule has 2 aromatic rings. The molecule has 0 atom stereocenters. The first kappa shape index (κ1) is 10.2. The van der Waals surface area contributed by atoms with Gasteiger partial charge in [0.25, 0.3) is 0 Å². The van der Waals surface area contributed by atoms with Crippen molar-refractivity contribution in [2.24, 2.45) is 0 Å². The number of nitrogens with zero attached hydrogens (tertiary/aromatic N) is 2. The van der Waals surface area contributed by atoms with E-state index in [9.17, 15) is 0 Å². The van der Waals surface area contributed by atoms with Gasteiger partial charge in [-0.3, -0.25) is 0 Å². The summed E-state index contributed by atoms with van der Waals surface area (Å²) >= 11 is 0. The Morgan fingerprint density at radius 1 is 1.06 bits per heavy atom. The Balaban J connectivity index is 2.96. The molecule has 2 aromatic carbocycles. The fourth-order valence-corrected chi connectivity index (χ4v) is 1.93. The summed E-state index contributed by atoms with van der Waals surface area (Å²) in [6, 6.07) is 13.9. The van der Waals surface area contributed by atoms with Crippen molar-refractivity contribution < 1.29 is 0 Å². The first-order valence-corrected chi connectivity index (χ1v) is 5.16. The van der Waals surface area contributed by atoms with Gasteiger partial charge in [-0.05, 0) is 23.4 Å². The standard InChI is InChI=1S/C14H10N2/c1-2-10-7-11-5-3-4-6-12(11)14(9-16)13(10)8-15/h3-7H,2H2,1H3. The zero-order valence-corrected chi connectivity index (χ0v) is 8.99. The molecular formula is C14H10N2. The Hall–Kier alpha value is -2.32. The van der Waals surface area contributed by atoms with Gasteiger partial charge in [0.2, 0.25) is 0 Å². The summed E-state index contributed by atoms with van der Waals surface area (Å²) in [7, 11) is 0. The number of benzene rings is 2. The van der Waals surface area contributed by atoms with Crippen molar-refractivity contribution in [2.45, 2.75) is 13.3 Å². The van der Waals surface area contributed by atoms with Crippen LogP contribution in [0.25, 0.3) is 10.8 Å². The minimum absolute atomic E-state index is 0.498. The van der Waals surface area contributed by atoms with E-state index in [1.165, 1.54) is 0 Å². The Kier molecular flexibility index (Phi) is 2.58. The Morgan fingerprint density at radius 2 is 1.75 bits per heavy atom. The third-order valence-corrected chi connectivity index (χ3v) is 2.74. The molecule has 0 unspecified atom stereocenters. The quantitative estimate of drug-likeness (QED) is 0.719. The van der Waals surface area contributed by atoms with E-state index >= 15 is 0 Å². The third kappa shape index (κ3) is 1.42. The minimum Gasteiger partial charge on any atom is -0.192 e. The largest absolute Gasteiger partial charge is 0.192 e. The smallest absolute Gasteiger partial charge is 0.101 e. The van der Waals surface area contributed by atoms with Gasteiger partial charge in [-0.1, -0.05) is 31.2 Å². The van der Waals surface area contributed by atoms with Crippen molar-refractivity contribution in [3.63, 3.8) is 0 Å². The molecule has 0 fully saturated rings. The van der Waals surface area contributed by atoms with Crippen molar-refractivity contribution in [3.05, 3.63) is 47.0 Å². The summed E-state index contributed by atoms with van der Waals surface area (Å²) in [5, 5.41) is 20.2. The highest BCUT2D eigenvalue weighted by molar-refractivity contribution is 5.91. The van der Waals surface area contributed by atoms with Crippen molar-refractivity contribution in [2.75, 3.05) is 0 Å². The Bertz CT molecular complexity index is 627. The fourth-order valence-electron chi connectivity index (χ4n) is 1.93. The molecule has 0 bridgehead atoms. The van der Waals surface area contributed by atoms with E-state index in [4.69, 9.17) is 10.5 Å². The molecule has 76 valence electrons. The number of rotatable bonds is 1. The second-order valence-corrected chi connectivity index (χ2v) is 3.58. The molecule has 2 heteroatoms. The molecule has 2 rings (SSSR count). The third-order valence-electron chi connectivity index (χ3n) is 2.74. The summed E-state index contributed by atoms with van der Waals surface area (Å²) in [5.41, 5.74) is 1.96. The van der Waals surface area contributed by atoms with Crippen LogP contribution >= 0.6 is 0 Å². The van der Waals surface area contributed by atoms with Gasteiger partial charge in [-0.25, -0.2) is 0 Å². The lowest BCUT2D eigenvalue weighted by Gasteiger charge is -2.07. The number of aryl methyl sites for hydroxylation is 1. The summed E-state index contributed by atoms with van der Waals surface area (Å²) in [5.74, 6) is 0. The van der Waals surface area contributed by atoms with Crippen LogP contribution in [0, 0.1) is 22.7 Å². The molecule has 0 spiro atoms. The molecule has 0 saturated heterocycles. The van der Waals surface area contributed by atoms with Crippen LogP contribution in [0.15, 0.2) is 30.3 Å². The van der Waals surface area contributed by atoms with Crippen molar-refractivity contribution in [1.29, 1.82) is 10.5 Å². The van der Waals surface area contributed by atoms with Crippen LogP contribution in [-0.2, 0) is 6.42 Å². The molecule has 0 aliphatic carbocycles. The maximum absolute atomic E-state index is 9.17. The van der Waals surface area contributed by atoms with Crippen LogP contribution in [0.1, 0.15) is 23.6 Å². The van der Waals surface area contributed by atoms with Crippen LogP contribution in [0.5, 0.6) is 0 Å². The lowest BCUT2D eigenvalue weighted by Crippen LogP contribution is -1.94. The minimum atomic E-state index is 0.498. The van der Waals surface area contributed by atoms with Crippen LogP contribution in [-0.4, -0.2) is 0 Å². The molecule has 0 aliphatic rings. The van der Waals surface area contributed by atoms with E-state index in [0.29, 0.717) is 11.1 Å². The van der Waals surface area contributed by atoms with Gasteiger partial charge in [0.1, 0.15) is 12.1 Å². The maximum Gasteiger partial charge on any atom is 0.101 e. The van der Waals surface area contributed by atoms with Crippen molar-refractivity contribution in [1.82, 2.24) is 0 Å². The van der Waals surface area contributed by atoms with Crippen molar-refractivity contribution in [3.8, 4) is 12.1 Å². The van der Waals surface area contributed by atoms with E-state index in [-0.39, 0.29) is 0 Å². The zero-order chi connectivity index (χ0) is 11.5. The van der Waals surface area contributed by atoms with Gasteiger partial charge < -0.3 is 0 Å². The SMILES string of the molecule is CCc1cc2ccccc2c(C#N)c1C#N. The van der Waals surface area contributed by atoms with Gasteiger partial charge in [0, 0.05) is 5.39 Å². The van der Waals surface area contributed by atoms with Crippen LogP contribution in [0.3, 0.4) is 0 Å². The van der Waals surface area contributed by atoms with E-state index in [2.05, 4.69) is 12.1 Å². The highest BCUT2D eigenvalue weighted by atomic mass is 14.3. The average molecular weight is 206 g/mol. The molecule has 0 N–H and O–H groups in total. The number of hydrogen-bond acceptors (Lipinski definition) is 2. The molecule has 0 radical (unpaired) electrons. The predicted octanol–water partition coefficient (Wildman–Crippen LogP) is 3.15. The lowest BCUT2D eigenvalue weighted by atomic mass is 9.94. The summed E-state index contributed by atoms with van der Waals surface area (Å²) in [6.45, 7) is 1.99. The van der Waals surface area contributed by atoms with E-state index in [1.807, 2.05) is 37.3 Å². The molecular weight excluding hydrogens is 196 g/mol. The van der Waals surface area contributed by atoms with Crippen LogP contribution < -0.4 is 0 Å². The molecule has 16 heavy (non-hydrogen) atoms. The lowest BCUT2D eigenvalue weighted by molar-refractivity contribution is 1.13. The van der Waals surface area contributed by atoms with E-state index in [0.717, 1.165) is 22.8 Å². The van der Waals surface area contributed by atoms with Gasteiger partial charge >= 0.3 is 0 Å². The topological polar surface area (TPSA) is 47.6 Å². The highest BCUT2D eigenvalue weighted by Gasteiger charge is 2.11. The summed E-state index contributed by atoms with van der Waals surface area (Å²) in [6.07, 6.45) is 0.766. The van der Waals surface area contributed by atoms with Gasteiger partial charge in [-0.2, -0.15) is 10.5 Å². The van der Waals surface area contributed by atoms with Gasteiger partial charge in [-0.15, -0.1) is 0 Å². The summed E-state index contributed by atoms with van der Waals surface area (Å²) in [4.78, 5) is 0. The average Bonchev–Trinajstić information content (AvgIpc) is 2.36. The second kappa shape index (κ2) is 4.04. The molecule has 0 aliphatic heterocycles. The van der Waals surface area contributed by atoms with Gasteiger partial charge in [0.05, 0.1) is 11.1 Å². The zero-order valence-electron chi connectivity index (χ0n) is 8.99. The van der Waals surface area contributed by atoms with Gasteiger partial charge in [0.15, 0.2) is 0 Å². The molecule has 0 amide bonds. The van der Waals surface area contributed by atoms with E-state index < -0.39 is 0 Å². The molecule has 0 aromatic heterocycles. The molecule has 0 heterocycles.